The molecule has 3 aromatic rings. The van der Waals surface area contributed by atoms with Crippen LogP contribution in [0, 0.1) is 13.8 Å². The first-order chi connectivity index (χ1) is 12.0. The average Bonchev–Trinajstić information content (AvgIpc) is 2.92. The molecular weight excluding hydrogens is 334 g/mol. The number of benzene rings is 1. The largest absolute Gasteiger partial charge is 0.304 e. The van der Waals surface area contributed by atoms with Gasteiger partial charge in [0.05, 0.1) is 5.69 Å². The molecule has 7 heteroatoms. The lowest BCUT2D eigenvalue weighted by Crippen LogP contribution is -2.33. The number of para-hydroxylation sites is 1. The zero-order chi connectivity index (χ0) is 17.6. The number of hydrogen-bond acceptors (Lipinski definition) is 5. The van der Waals surface area contributed by atoms with Gasteiger partial charge < -0.3 is 4.90 Å². The Balaban J connectivity index is 1.77. The quantitative estimate of drug-likeness (QED) is 0.672. The molecule has 0 fully saturated rings. The van der Waals surface area contributed by atoms with E-state index in [-0.39, 0.29) is 11.7 Å². The van der Waals surface area contributed by atoms with E-state index in [4.69, 9.17) is 0 Å². The predicted octanol–water partition coefficient (Wildman–Crippen LogP) is 3.27. The predicted molar refractivity (Wildman–Crippen MR) is 98.3 cm³/mol. The van der Waals surface area contributed by atoms with Crippen LogP contribution in [-0.4, -0.2) is 37.3 Å². The Labute approximate surface area is 150 Å². The molecule has 3 heterocycles. The summed E-state index contributed by atoms with van der Waals surface area (Å²) in [6, 6.07) is 9.94. The summed E-state index contributed by atoms with van der Waals surface area (Å²) in [6.07, 6.45) is 0.925. The topological polar surface area (TPSA) is 63.4 Å². The van der Waals surface area contributed by atoms with E-state index < -0.39 is 0 Å². The number of hydrogen-bond donors (Lipinski definition) is 0. The van der Waals surface area contributed by atoms with Crippen molar-refractivity contribution in [3.05, 3.63) is 47.5 Å². The SMILES string of the molecule is Cc1cc(C)n2nc(C(=O)N3CCC(C)Sc4ccccc43)nc2n1. The molecular formula is C18H19N5OS. The molecule has 0 saturated carbocycles. The van der Waals surface area contributed by atoms with Gasteiger partial charge in [-0.3, -0.25) is 4.79 Å². The first-order valence-corrected chi connectivity index (χ1v) is 9.19. The number of aromatic nitrogens is 4. The minimum Gasteiger partial charge on any atom is -0.304 e. The Morgan fingerprint density at radius 3 is 2.88 bits per heavy atom. The maximum atomic E-state index is 13.1. The van der Waals surface area contributed by atoms with Crippen LogP contribution in [0.2, 0.25) is 0 Å². The van der Waals surface area contributed by atoms with E-state index in [0.29, 0.717) is 17.6 Å². The van der Waals surface area contributed by atoms with Gasteiger partial charge >= 0.3 is 0 Å². The zero-order valence-corrected chi connectivity index (χ0v) is 15.2. The van der Waals surface area contributed by atoms with Crippen molar-refractivity contribution in [2.75, 3.05) is 11.4 Å². The van der Waals surface area contributed by atoms with Crippen LogP contribution in [-0.2, 0) is 0 Å². The van der Waals surface area contributed by atoms with Crippen LogP contribution < -0.4 is 4.90 Å². The summed E-state index contributed by atoms with van der Waals surface area (Å²) < 4.78 is 1.63. The lowest BCUT2D eigenvalue weighted by molar-refractivity contribution is 0.0976. The fourth-order valence-corrected chi connectivity index (χ4v) is 4.19. The molecule has 1 aliphatic rings. The first kappa shape index (κ1) is 16.1. The second kappa shape index (κ2) is 6.15. The van der Waals surface area contributed by atoms with Crippen LogP contribution in [0.15, 0.2) is 35.2 Å². The number of anilines is 1. The molecule has 1 atom stereocenters. The lowest BCUT2D eigenvalue weighted by Gasteiger charge is -2.20. The van der Waals surface area contributed by atoms with E-state index >= 15 is 0 Å². The van der Waals surface area contributed by atoms with Crippen LogP contribution >= 0.6 is 11.8 Å². The van der Waals surface area contributed by atoms with E-state index in [1.807, 2.05) is 38.1 Å². The average molecular weight is 353 g/mol. The van der Waals surface area contributed by atoms with Gasteiger partial charge in [-0.15, -0.1) is 16.9 Å². The van der Waals surface area contributed by atoms with Crippen molar-refractivity contribution in [2.24, 2.45) is 0 Å². The second-order valence-corrected chi connectivity index (χ2v) is 7.81. The van der Waals surface area contributed by atoms with Gasteiger partial charge in [0.2, 0.25) is 5.82 Å². The highest BCUT2D eigenvalue weighted by atomic mass is 32.2. The molecule has 0 radical (unpaired) electrons. The summed E-state index contributed by atoms with van der Waals surface area (Å²) in [6.45, 7) is 6.69. The van der Waals surface area contributed by atoms with Crippen molar-refractivity contribution in [3.8, 4) is 0 Å². The van der Waals surface area contributed by atoms with Crippen molar-refractivity contribution >= 4 is 29.1 Å². The molecule has 6 nitrogen and oxygen atoms in total. The van der Waals surface area contributed by atoms with E-state index in [1.165, 1.54) is 0 Å². The molecule has 1 aliphatic heterocycles. The smallest absolute Gasteiger partial charge is 0.298 e. The molecule has 1 unspecified atom stereocenters. The highest BCUT2D eigenvalue weighted by Crippen LogP contribution is 2.37. The summed E-state index contributed by atoms with van der Waals surface area (Å²) in [5.74, 6) is 0.479. The molecule has 4 rings (SSSR count). The van der Waals surface area contributed by atoms with Crippen molar-refractivity contribution in [1.29, 1.82) is 0 Å². The summed E-state index contributed by atoms with van der Waals surface area (Å²) in [7, 11) is 0. The van der Waals surface area contributed by atoms with Crippen molar-refractivity contribution in [3.63, 3.8) is 0 Å². The third-order valence-electron chi connectivity index (χ3n) is 4.30. The number of fused-ring (bicyclic) bond motifs is 2. The standard InChI is InChI=1S/C18H19N5OS/c1-11-10-12(2)23-18(19-11)20-16(21-23)17(24)22-9-8-13(3)25-15-7-5-4-6-14(15)22/h4-7,10,13H,8-9H2,1-3H3. The molecule has 0 N–H and O–H groups in total. The normalized spacial score (nSPS) is 17.4. The van der Waals surface area contributed by atoms with Crippen LogP contribution in [0.5, 0.6) is 0 Å². The van der Waals surface area contributed by atoms with Crippen LogP contribution in [0.4, 0.5) is 5.69 Å². The Morgan fingerprint density at radius 1 is 1.24 bits per heavy atom. The highest BCUT2D eigenvalue weighted by molar-refractivity contribution is 8.00. The minimum absolute atomic E-state index is 0.176. The third kappa shape index (κ3) is 2.89. The molecule has 0 saturated heterocycles. The van der Waals surface area contributed by atoms with E-state index in [0.717, 1.165) is 28.4 Å². The number of rotatable bonds is 1. The maximum absolute atomic E-state index is 13.1. The molecule has 0 spiro atoms. The van der Waals surface area contributed by atoms with Crippen molar-refractivity contribution in [2.45, 2.75) is 37.3 Å². The lowest BCUT2D eigenvalue weighted by atomic mass is 10.2. The molecule has 1 aromatic carbocycles. The number of thioether (sulfide) groups is 1. The number of carbonyl (C=O) groups excluding carboxylic acids is 1. The summed E-state index contributed by atoms with van der Waals surface area (Å²) in [5.41, 5.74) is 2.71. The molecule has 128 valence electrons. The highest BCUT2D eigenvalue weighted by Gasteiger charge is 2.27. The van der Waals surface area contributed by atoms with E-state index in [1.54, 1.807) is 21.2 Å². The second-order valence-electron chi connectivity index (χ2n) is 6.33. The Kier molecular flexibility index (Phi) is 3.95. The molecule has 0 bridgehead atoms. The van der Waals surface area contributed by atoms with Crippen molar-refractivity contribution in [1.82, 2.24) is 19.6 Å². The van der Waals surface area contributed by atoms with Crippen molar-refractivity contribution < 1.29 is 4.79 Å². The minimum atomic E-state index is -0.176. The van der Waals surface area contributed by atoms with Crippen LogP contribution in [0.25, 0.3) is 5.78 Å². The third-order valence-corrected chi connectivity index (χ3v) is 5.54. The monoisotopic (exact) mass is 353 g/mol. The van der Waals surface area contributed by atoms with Gasteiger partial charge in [-0.05, 0) is 38.5 Å². The number of carbonyl (C=O) groups is 1. The fourth-order valence-electron chi connectivity index (χ4n) is 3.08. The van der Waals surface area contributed by atoms with Gasteiger partial charge in [-0.25, -0.2) is 9.50 Å². The van der Waals surface area contributed by atoms with Crippen LogP contribution in [0.3, 0.4) is 0 Å². The molecule has 1 amide bonds. The first-order valence-electron chi connectivity index (χ1n) is 8.31. The Hall–Kier alpha value is -2.41. The molecule has 2 aromatic heterocycles. The number of nitrogens with zero attached hydrogens (tertiary/aromatic N) is 5. The van der Waals surface area contributed by atoms with Gasteiger partial charge in [-0.2, -0.15) is 4.98 Å². The Morgan fingerprint density at radius 2 is 2.04 bits per heavy atom. The zero-order valence-electron chi connectivity index (χ0n) is 14.4. The van der Waals surface area contributed by atoms with Gasteiger partial charge in [0, 0.05) is 28.1 Å². The fraction of sp³-hybridized carbons (Fsp3) is 0.333. The van der Waals surface area contributed by atoms with Gasteiger partial charge in [-0.1, -0.05) is 19.1 Å². The molecule has 0 aliphatic carbocycles. The van der Waals surface area contributed by atoms with E-state index in [9.17, 15) is 4.79 Å². The number of amides is 1. The maximum Gasteiger partial charge on any atom is 0.298 e. The summed E-state index contributed by atoms with van der Waals surface area (Å²) in [5, 5.41) is 4.85. The Bertz CT molecular complexity index is 967. The summed E-state index contributed by atoms with van der Waals surface area (Å²) in [4.78, 5) is 24.8. The van der Waals surface area contributed by atoms with Gasteiger partial charge in [0.15, 0.2) is 0 Å². The number of aryl methyl sites for hydroxylation is 2. The van der Waals surface area contributed by atoms with Crippen LogP contribution in [0.1, 0.15) is 35.4 Å². The van der Waals surface area contributed by atoms with Gasteiger partial charge in [0.1, 0.15) is 0 Å². The van der Waals surface area contributed by atoms with Gasteiger partial charge in [0.25, 0.3) is 11.7 Å². The molecule has 25 heavy (non-hydrogen) atoms. The summed E-state index contributed by atoms with van der Waals surface area (Å²) >= 11 is 1.81. The van der Waals surface area contributed by atoms with E-state index in [2.05, 4.69) is 28.1 Å².